The number of carbonyl (C=O) groups excluding carboxylic acids is 2. The van der Waals surface area contributed by atoms with E-state index in [2.05, 4.69) is 11.8 Å². The van der Waals surface area contributed by atoms with Crippen molar-refractivity contribution in [1.82, 2.24) is 0 Å². The third kappa shape index (κ3) is 3.72. The molecule has 0 atom stereocenters. The number of fused-ring (bicyclic) bond motifs is 1. The lowest BCUT2D eigenvalue weighted by Gasteiger charge is -2.09. The summed E-state index contributed by atoms with van der Waals surface area (Å²) >= 11 is 0. The monoisotopic (exact) mass is 270 g/mol. The summed E-state index contributed by atoms with van der Waals surface area (Å²) in [6, 6.07) is 6.47. The zero-order valence-corrected chi connectivity index (χ0v) is 10.9. The number of hydrogen-bond donors (Lipinski definition) is 0. The van der Waals surface area contributed by atoms with Gasteiger partial charge in [-0.2, -0.15) is 0 Å². The average Bonchev–Trinajstić information content (AvgIpc) is 2.48. The fourth-order valence-electron chi connectivity index (χ4n) is 1.68. The van der Waals surface area contributed by atoms with Gasteiger partial charge in [0.05, 0.1) is 17.7 Å². The van der Waals surface area contributed by atoms with E-state index in [0.29, 0.717) is 12.8 Å². The van der Waals surface area contributed by atoms with Gasteiger partial charge in [-0.3, -0.25) is 0 Å². The molecule has 4 nitrogen and oxygen atoms in total. The van der Waals surface area contributed by atoms with Gasteiger partial charge < -0.3 is 9.47 Å². The molecule has 2 rings (SSSR count). The number of hydrogen-bond acceptors (Lipinski definition) is 4. The van der Waals surface area contributed by atoms with Crippen molar-refractivity contribution in [2.24, 2.45) is 0 Å². The minimum absolute atomic E-state index is 0.197. The highest BCUT2D eigenvalue weighted by Gasteiger charge is 2.18. The van der Waals surface area contributed by atoms with E-state index in [1.807, 2.05) is 6.08 Å². The molecule has 1 aromatic carbocycles. The number of benzene rings is 1. The van der Waals surface area contributed by atoms with E-state index >= 15 is 0 Å². The van der Waals surface area contributed by atoms with Gasteiger partial charge in [0.2, 0.25) is 0 Å². The number of ether oxygens (including phenoxy) is 2. The Morgan fingerprint density at radius 2 is 1.60 bits per heavy atom. The highest BCUT2D eigenvalue weighted by atomic mass is 16.5. The smallest absolute Gasteiger partial charge is 0.339 e. The second kappa shape index (κ2) is 7.15. The van der Waals surface area contributed by atoms with Gasteiger partial charge in [-0.15, -0.1) is 0 Å². The zero-order chi connectivity index (χ0) is 14.2. The third-order valence-corrected chi connectivity index (χ3v) is 2.65. The van der Waals surface area contributed by atoms with Crippen LogP contribution in [0.1, 0.15) is 33.6 Å². The van der Waals surface area contributed by atoms with Crippen LogP contribution in [0.25, 0.3) is 0 Å². The van der Waals surface area contributed by atoms with E-state index in [-0.39, 0.29) is 24.3 Å². The first kappa shape index (κ1) is 13.9. The molecule has 0 radical (unpaired) electrons. The van der Waals surface area contributed by atoms with Crippen molar-refractivity contribution < 1.29 is 19.1 Å². The van der Waals surface area contributed by atoms with Gasteiger partial charge in [-0.1, -0.05) is 30.0 Å². The molecule has 1 aliphatic rings. The first-order chi connectivity index (χ1) is 9.79. The van der Waals surface area contributed by atoms with E-state index in [1.165, 1.54) is 0 Å². The summed E-state index contributed by atoms with van der Waals surface area (Å²) in [5.41, 5.74) is 0.447. The molecule has 1 aromatic rings. The standard InChI is InChI=1S/C16H14O4/c17-15-13-9-5-6-10-14(13)16(18)20-12-8-4-2-1-3-7-11-19-15/h1,3,5-6,9-10H,7-8,11-12H2/b3-1+. The number of carbonyl (C=O) groups is 2. The SMILES string of the molecule is O=C1OCCC#C/C=C/CCOC(=O)c2ccccc21. The normalized spacial score (nSPS) is 17.6. The molecule has 0 fully saturated rings. The molecule has 1 aliphatic heterocycles. The second-order valence-electron chi connectivity index (χ2n) is 4.08. The number of cyclic esters (lactones) is 2. The summed E-state index contributed by atoms with van der Waals surface area (Å²) in [5.74, 6) is 4.64. The van der Waals surface area contributed by atoms with E-state index in [1.54, 1.807) is 30.3 Å². The Hall–Kier alpha value is -2.54. The summed E-state index contributed by atoms with van der Waals surface area (Å²) in [6.45, 7) is 0.448. The molecular formula is C16H14O4. The van der Waals surface area contributed by atoms with Crippen molar-refractivity contribution in [1.29, 1.82) is 0 Å². The fourth-order valence-corrected chi connectivity index (χ4v) is 1.68. The maximum Gasteiger partial charge on any atom is 0.339 e. The Bertz CT molecular complexity index is 590. The van der Waals surface area contributed by atoms with Crippen LogP contribution in [0.5, 0.6) is 0 Å². The molecule has 0 unspecified atom stereocenters. The van der Waals surface area contributed by atoms with Gasteiger partial charge in [0.25, 0.3) is 0 Å². The van der Waals surface area contributed by atoms with Crippen molar-refractivity contribution in [2.45, 2.75) is 12.8 Å². The molecule has 0 aliphatic carbocycles. The van der Waals surface area contributed by atoms with Crippen LogP contribution in [-0.4, -0.2) is 25.2 Å². The molecule has 20 heavy (non-hydrogen) atoms. The summed E-state index contributed by atoms with van der Waals surface area (Å²) in [7, 11) is 0. The maximum atomic E-state index is 11.9. The molecule has 0 bridgehead atoms. The van der Waals surface area contributed by atoms with Gasteiger partial charge >= 0.3 is 11.9 Å². The molecular weight excluding hydrogens is 256 g/mol. The van der Waals surface area contributed by atoms with Crippen LogP contribution in [0.3, 0.4) is 0 Å². The summed E-state index contributed by atoms with van der Waals surface area (Å²) in [6.07, 6.45) is 4.59. The topological polar surface area (TPSA) is 52.6 Å². The summed E-state index contributed by atoms with van der Waals surface area (Å²) in [4.78, 5) is 23.9. The fraction of sp³-hybridized carbons (Fsp3) is 0.250. The number of allylic oxidation sites excluding steroid dienone is 1. The van der Waals surface area contributed by atoms with E-state index in [9.17, 15) is 9.59 Å². The first-order valence-electron chi connectivity index (χ1n) is 6.36. The van der Waals surface area contributed by atoms with Crippen LogP contribution in [0.15, 0.2) is 36.4 Å². The van der Waals surface area contributed by atoms with Crippen LogP contribution in [0.2, 0.25) is 0 Å². The zero-order valence-electron chi connectivity index (χ0n) is 10.9. The van der Waals surface area contributed by atoms with E-state index in [4.69, 9.17) is 9.47 Å². The average molecular weight is 270 g/mol. The highest BCUT2D eigenvalue weighted by Crippen LogP contribution is 2.12. The quantitative estimate of drug-likeness (QED) is 0.536. The molecule has 0 aromatic heterocycles. The Morgan fingerprint density at radius 3 is 2.30 bits per heavy atom. The van der Waals surface area contributed by atoms with Crippen LogP contribution in [-0.2, 0) is 9.47 Å². The summed E-state index contributed by atoms with van der Waals surface area (Å²) < 4.78 is 10.2. The Labute approximate surface area is 117 Å². The largest absolute Gasteiger partial charge is 0.462 e. The molecule has 1 heterocycles. The lowest BCUT2D eigenvalue weighted by atomic mass is 10.1. The minimum atomic E-state index is -0.535. The van der Waals surface area contributed by atoms with Gasteiger partial charge in [0, 0.05) is 12.8 Å². The van der Waals surface area contributed by atoms with Crippen molar-refractivity contribution in [2.75, 3.05) is 13.2 Å². The second-order valence-corrected chi connectivity index (χ2v) is 4.08. The minimum Gasteiger partial charge on any atom is -0.462 e. The Balaban J connectivity index is 2.23. The van der Waals surface area contributed by atoms with Crippen LogP contribution in [0, 0.1) is 11.8 Å². The van der Waals surface area contributed by atoms with Crippen LogP contribution < -0.4 is 0 Å². The van der Waals surface area contributed by atoms with Gasteiger partial charge in [-0.05, 0) is 18.2 Å². The predicted octanol–water partition coefficient (Wildman–Crippen LogP) is 2.35. The molecule has 102 valence electrons. The van der Waals surface area contributed by atoms with Crippen molar-refractivity contribution in [3.05, 3.63) is 47.5 Å². The molecule has 0 saturated heterocycles. The highest BCUT2D eigenvalue weighted by molar-refractivity contribution is 6.03. The van der Waals surface area contributed by atoms with Crippen LogP contribution >= 0.6 is 0 Å². The Kier molecular flexibility index (Phi) is 4.96. The molecule has 0 spiro atoms. The van der Waals surface area contributed by atoms with Crippen molar-refractivity contribution in [3.8, 4) is 11.8 Å². The van der Waals surface area contributed by atoms with Gasteiger partial charge in [0.1, 0.15) is 6.61 Å². The first-order valence-corrected chi connectivity index (χ1v) is 6.36. The number of rotatable bonds is 0. The van der Waals surface area contributed by atoms with E-state index in [0.717, 1.165) is 0 Å². The molecule has 0 amide bonds. The molecule has 4 heteroatoms. The van der Waals surface area contributed by atoms with Crippen LogP contribution in [0.4, 0.5) is 0 Å². The lowest BCUT2D eigenvalue weighted by Crippen LogP contribution is -2.14. The van der Waals surface area contributed by atoms with Crippen molar-refractivity contribution >= 4 is 11.9 Å². The maximum absolute atomic E-state index is 11.9. The van der Waals surface area contributed by atoms with Crippen molar-refractivity contribution in [3.63, 3.8) is 0 Å². The molecule has 0 N–H and O–H groups in total. The van der Waals surface area contributed by atoms with E-state index < -0.39 is 11.9 Å². The van der Waals surface area contributed by atoms with Gasteiger partial charge in [-0.25, -0.2) is 9.59 Å². The van der Waals surface area contributed by atoms with Gasteiger partial charge in [0.15, 0.2) is 0 Å². The summed E-state index contributed by atoms with van der Waals surface area (Å²) in [5, 5.41) is 0. The predicted molar refractivity (Wildman–Crippen MR) is 73.2 cm³/mol. The lowest BCUT2D eigenvalue weighted by molar-refractivity contribution is 0.0465. The Morgan fingerprint density at radius 1 is 0.950 bits per heavy atom. The third-order valence-electron chi connectivity index (χ3n) is 2.65. The number of esters is 2. The molecule has 0 saturated carbocycles.